The van der Waals surface area contributed by atoms with E-state index < -0.39 is 17.9 Å². The summed E-state index contributed by atoms with van der Waals surface area (Å²) in [6.45, 7) is 9.37. The molecule has 0 radical (unpaired) electrons. The predicted molar refractivity (Wildman–Crippen MR) is 71.2 cm³/mol. The zero-order valence-electron chi connectivity index (χ0n) is 12.0. The number of aliphatic carboxylic acids is 1. The second-order valence-corrected chi connectivity index (χ2v) is 5.47. The van der Waals surface area contributed by atoms with Gasteiger partial charge in [0.15, 0.2) is 0 Å². The Bertz CT molecular complexity index is 486. The summed E-state index contributed by atoms with van der Waals surface area (Å²) in [5.74, 6) is -1.46. The Morgan fingerprint density at radius 2 is 2.05 bits per heavy atom. The number of carboxylic acids is 1. The van der Waals surface area contributed by atoms with Crippen LogP contribution in [-0.2, 0) is 16.8 Å². The van der Waals surface area contributed by atoms with Gasteiger partial charge in [-0.25, -0.2) is 0 Å². The van der Waals surface area contributed by atoms with Crippen molar-refractivity contribution >= 4 is 11.9 Å². The third-order valence-electron chi connectivity index (χ3n) is 2.80. The van der Waals surface area contributed by atoms with E-state index in [4.69, 9.17) is 5.11 Å². The lowest BCUT2D eigenvalue weighted by atomic mass is 10.1. The molecule has 0 saturated carbocycles. The topological polar surface area (TPSA) is 84.2 Å². The molecule has 0 saturated heterocycles. The van der Waals surface area contributed by atoms with E-state index >= 15 is 0 Å². The molecule has 0 spiro atoms. The zero-order valence-corrected chi connectivity index (χ0v) is 12.0. The highest BCUT2D eigenvalue weighted by molar-refractivity contribution is 5.97. The van der Waals surface area contributed by atoms with Gasteiger partial charge in [0.2, 0.25) is 0 Å². The summed E-state index contributed by atoms with van der Waals surface area (Å²) in [5.41, 5.74) is 1.02. The largest absolute Gasteiger partial charge is 0.480 e. The molecular formula is C13H21N3O3. The van der Waals surface area contributed by atoms with Crippen LogP contribution in [0.4, 0.5) is 0 Å². The van der Waals surface area contributed by atoms with Crippen molar-refractivity contribution in [3.63, 3.8) is 0 Å². The van der Waals surface area contributed by atoms with E-state index in [2.05, 4.69) is 10.4 Å². The van der Waals surface area contributed by atoms with E-state index in [0.717, 1.165) is 5.69 Å². The van der Waals surface area contributed by atoms with Crippen molar-refractivity contribution in [2.24, 2.45) is 0 Å². The number of nitrogens with zero attached hydrogens (tertiary/aromatic N) is 2. The van der Waals surface area contributed by atoms with E-state index in [9.17, 15) is 9.59 Å². The first kappa shape index (κ1) is 15.2. The normalized spacial score (nSPS) is 13.1. The van der Waals surface area contributed by atoms with Gasteiger partial charge in [-0.3, -0.25) is 14.3 Å². The maximum absolute atomic E-state index is 12.1. The standard InChI is InChI=1S/C13H21N3O3/c1-6-10-9(7-14-16(10)13(3,4)5)11(17)15-8(2)12(18)19/h7-8H,6H2,1-5H3,(H,15,17)(H,18,19)/t8-/m0/s1. The second kappa shape index (κ2) is 5.42. The van der Waals surface area contributed by atoms with E-state index in [1.165, 1.54) is 13.1 Å². The zero-order chi connectivity index (χ0) is 14.8. The first-order valence-electron chi connectivity index (χ1n) is 6.29. The molecule has 1 atom stereocenters. The first-order valence-corrected chi connectivity index (χ1v) is 6.29. The van der Waals surface area contributed by atoms with Crippen LogP contribution < -0.4 is 5.32 Å². The molecule has 0 aromatic carbocycles. The van der Waals surface area contributed by atoms with Crippen molar-refractivity contribution in [3.05, 3.63) is 17.5 Å². The Kier molecular flexibility index (Phi) is 4.34. The molecule has 106 valence electrons. The number of carboxylic acid groups (broad SMARTS) is 1. The van der Waals surface area contributed by atoms with Crippen LogP contribution in [0.3, 0.4) is 0 Å². The highest BCUT2D eigenvalue weighted by atomic mass is 16.4. The second-order valence-electron chi connectivity index (χ2n) is 5.47. The van der Waals surface area contributed by atoms with Crippen LogP contribution in [-0.4, -0.2) is 32.8 Å². The fourth-order valence-electron chi connectivity index (χ4n) is 1.82. The number of hydrogen-bond donors (Lipinski definition) is 2. The molecule has 0 unspecified atom stereocenters. The summed E-state index contributed by atoms with van der Waals surface area (Å²) < 4.78 is 1.80. The van der Waals surface area contributed by atoms with Crippen LogP contribution >= 0.6 is 0 Å². The third-order valence-corrected chi connectivity index (χ3v) is 2.80. The van der Waals surface area contributed by atoms with Crippen LogP contribution in [0, 0.1) is 0 Å². The smallest absolute Gasteiger partial charge is 0.325 e. The lowest BCUT2D eigenvalue weighted by Gasteiger charge is -2.22. The number of aromatic nitrogens is 2. The number of carbonyl (C=O) groups excluding carboxylic acids is 1. The van der Waals surface area contributed by atoms with E-state index in [0.29, 0.717) is 12.0 Å². The number of rotatable bonds is 4. The van der Waals surface area contributed by atoms with Gasteiger partial charge in [0.1, 0.15) is 6.04 Å². The van der Waals surface area contributed by atoms with Gasteiger partial charge in [-0.2, -0.15) is 5.10 Å². The maximum Gasteiger partial charge on any atom is 0.325 e. The first-order chi connectivity index (χ1) is 8.68. The van der Waals surface area contributed by atoms with Gasteiger partial charge in [0.05, 0.1) is 23.0 Å². The highest BCUT2D eigenvalue weighted by Crippen LogP contribution is 2.19. The van der Waals surface area contributed by atoms with Gasteiger partial charge in [-0.1, -0.05) is 6.92 Å². The molecule has 0 bridgehead atoms. The molecule has 6 heteroatoms. The van der Waals surface area contributed by atoms with Crippen molar-refractivity contribution in [1.82, 2.24) is 15.1 Å². The molecule has 6 nitrogen and oxygen atoms in total. The van der Waals surface area contributed by atoms with Crippen molar-refractivity contribution in [2.75, 3.05) is 0 Å². The molecule has 0 fully saturated rings. The Labute approximate surface area is 112 Å². The Morgan fingerprint density at radius 3 is 2.47 bits per heavy atom. The average Bonchev–Trinajstić information content (AvgIpc) is 2.71. The molecule has 1 aromatic rings. The van der Waals surface area contributed by atoms with Crippen LogP contribution in [0.2, 0.25) is 0 Å². The van der Waals surface area contributed by atoms with Crippen molar-refractivity contribution in [3.8, 4) is 0 Å². The summed E-state index contributed by atoms with van der Waals surface area (Å²) in [6.07, 6.45) is 2.15. The summed E-state index contributed by atoms with van der Waals surface area (Å²) in [7, 11) is 0. The number of amides is 1. The molecule has 2 N–H and O–H groups in total. The Morgan fingerprint density at radius 1 is 1.47 bits per heavy atom. The van der Waals surface area contributed by atoms with Crippen LogP contribution in [0.1, 0.15) is 50.7 Å². The van der Waals surface area contributed by atoms with Gasteiger partial charge in [0.25, 0.3) is 5.91 Å². The van der Waals surface area contributed by atoms with Gasteiger partial charge >= 0.3 is 5.97 Å². The van der Waals surface area contributed by atoms with Crippen LogP contribution in [0.25, 0.3) is 0 Å². The van der Waals surface area contributed by atoms with Crippen LogP contribution in [0.5, 0.6) is 0 Å². The molecule has 0 aliphatic heterocycles. The van der Waals surface area contributed by atoms with Gasteiger partial charge in [-0.15, -0.1) is 0 Å². The van der Waals surface area contributed by atoms with E-state index in [1.54, 1.807) is 4.68 Å². The molecule has 1 rings (SSSR count). The minimum atomic E-state index is -1.06. The quantitative estimate of drug-likeness (QED) is 0.863. The summed E-state index contributed by atoms with van der Waals surface area (Å²) in [6, 6.07) is -0.921. The molecule has 1 amide bonds. The molecule has 1 heterocycles. The van der Waals surface area contributed by atoms with Crippen molar-refractivity contribution in [2.45, 2.75) is 52.6 Å². The lowest BCUT2D eigenvalue weighted by molar-refractivity contribution is -0.138. The molecule has 19 heavy (non-hydrogen) atoms. The van der Waals surface area contributed by atoms with E-state index in [-0.39, 0.29) is 5.54 Å². The highest BCUT2D eigenvalue weighted by Gasteiger charge is 2.24. The molecule has 1 aromatic heterocycles. The summed E-state index contributed by atoms with van der Waals surface area (Å²) in [4.78, 5) is 22.8. The molecular weight excluding hydrogens is 246 g/mol. The summed E-state index contributed by atoms with van der Waals surface area (Å²) in [5, 5.41) is 15.5. The van der Waals surface area contributed by atoms with Gasteiger partial charge in [0, 0.05) is 0 Å². The van der Waals surface area contributed by atoms with Gasteiger partial charge in [-0.05, 0) is 34.1 Å². The Balaban J connectivity index is 3.05. The number of nitrogens with one attached hydrogen (secondary N) is 1. The predicted octanol–water partition coefficient (Wildman–Crippen LogP) is 1.40. The third kappa shape index (κ3) is 3.33. The summed E-state index contributed by atoms with van der Waals surface area (Å²) >= 11 is 0. The van der Waals surface area contributed by atoms with Gasteiger partial charge < -0.3 is 10.4 Å². The molecule has 0 aliphatic carbocycles. The number of hydrogen-bond acceptors (Lipinski definition) is 3. The average molecular weight is 267 g/mol. The van der Waals surface area contributed by atoms with Crippen molar-refractivity contribution < 1.29 is 14.7 Å². The molecule has 0 aliphatic rings. The van der Waals surface area contributed by atoms with E-state index in [1.807, 2.05) is 27.7 Å². The Hall–Kier alpha value is -1.85. The monoisotopic (exact) mass is 267 g/mol. The lowest BCUT2D eigenvalue weighted by Crippen LogP contribution is -2.38. The minimum Gasteiger partial charge on any atom is -0.480 e. The van der Waals surface area contributed by atoms with Crippen LogP contribution in [0.15, 0.2) is 6.20 Å². The number of carbonyl (C=O) groups is 2. The fourth-order valence-corrected chi connectivity index (χ4v) is 1.82. The van der Waals surface area contributed by atoms with Crippen molar-refractivity contribution in [1.29, 1.82) is 0 Å². The SMILES string of the molecule is CCc1c(C(=O)N[C@@H](C)C(=O)O)cnn1C(C)(C)C. The minimum absolute atomic E-state index is 0.220. The maximum atomic E-state index is 12.1. The fraction of sp³-hybridized carbons (Fsp3) is 0.615.